The predicted molar refractivity (Wildman–Crippen MR) is 78.0 cm³/mol. The van der Waals surface area contributed by atoms with Gasteiger partial charge in [0, 0.05) is 54.7 Å². The third kappa shape index (κ3) is 1.88. The van der Waals surface area contributed by atoms with E-state index in [0.29, 0.717) is 5.95 Å². The second-order valence-electron chi connectivity index (χ2n) is 4.60. The summed E-state index contributed by atoms with van der Waals surface area (Å²) >= 11 is 0. The fourth-order valence-corrected chi connectivity index (χ4v) is 2.25. The molecule has 3 rings (SSSR count). The SMILES string of the molecule is CN(C#N)c1ncc(-c2cn(C)c3ccccc23)cn1. The van der Waals surface area contributed by atoms with Crippen LogP contribution in [0.4, 0.5) is 5.95 Å². The van der Waals surface area contributed by atoms with Crippen LogP contribution in [0, 0.1) is 11.5 Å². The van der Waals surface area contributed by atoms with Crippen molar-refractivity contribution < 1.29 is 0 Å². The van der Waals surface area contributed by atoms with Crippen LogP contribution in [0.3, 0.4) is 0 Å². The van der Waals surface area contributed by atoms with Crippen molar-refractivity contribution in [3.05, 3.63) is 42.9 Å². The number of nitrogens with zero attached hydrogens (tertiary/aromatic N) is 5. The predicted octanol–water partition coefficient (Wildman–Crippen LogP) is 2.55. The van der Waals surface area contributed by atoms with Crippen LogP contribution in [0.25, 0.3) is 22.0 Å². The summed E-state index contributed by atoms with van der Waals surface area (Å²) in [6.45, 7) is 0. The smallest absolute Gasteiger partial charge is 0.238 e. The molecule has 20 heavy (non-hydrogen) atoms. The highest BCUT2D eigenvalue weighted by atomic mass is 15.2. The van der Waals surface area contributed by atoms with Crippen LogP contribution in [0.15, 0.2) is 42.9 Å². The number of hydrogen-bond acceptors (Lipinski definition) is 4. The van der Waals surface area contributed by atoms with Gasteiger partial charge in [0.25, 0.3) is 0 Å². The van der Waals surface area contributed by atoms with Gasteiger partial charge in [-0.1, -0.05) is 18.2 Å². The molecule has 0 aliphatic carbocycles. The Balaban J connectivity index is 2.10. The summed E-state index contributed by atoms with van der Waals surface area (Å²) in [5.41, 5.74) is 3.20. The van der Waals surface area contributed by atoms with Crippen LogP contribution >= 0.6 is 0 Å². The first kappa shape index (κ1) is 12.2. The van der Waals surface area contributed by atoms with E-state index in [1.54, 1.807) is 19.4 Å². The average molecular weight is 263 g/mol. The van der Waals surface area contributed by atoms with E-state index in [2.05, 4.69) is 32.9 Å². The third-order valence-corrected chi connectivity index (χ3v) is 3.30. The lowest BCUT2D eigenvalue weighted by molar-refractivity contribution is 0.969. The van der Waals surface area contributed by atoms with Crippen LogP contribution in [0.1, 0.15) is 0 Å². The molecule has 0 saturated carbocycles. The molecule has 2 aromatic heterocycles. The minimum Gasteiger partial charge on any atom is -0.350 e. The molecule has 0 unspecified atom stereocenters. The summed E-state index contributed by atoms with van der Waals surface area (Å²) in [6, 6.07) is 8.20. The van der Waals surface area contributed by atoms with E-state index in [1.165, 1.54) is 15.8 Å². The van der Waals surface area contributed by atoms with Crippen LogP contribution in [0.5, 0.6) is 0 Å². The van der Waals surface area contributed by atoms with Crippen molar-refractivity contribution in [1.82, 2.24) is 14.5 Å². The van der Waals surface area contributed by atoms with E-state index in [0.717, 1.165) is 11.1 Å². The summed E-state index contributed by atoms with van der Waals surface area (Å²) in [5, 5.41) is 9.98. The van der Waals surface area contributed by atoms with E-state index in [9.17, 15) is 0 Å². The first-order chi connectivity index (χ1) is 9.70. The van der Waals surface area contributed by atoms with E-state index < -0.39 is 0 Å². The summed E-state index contributed by atoms with van der Waals surface area (Å²) in [4.78, 5) is 9.78. The Kier molecular flexibility index (Phi) is 2.84. The molecular weight excluding hydrogens is 250 g/mol. The van der Waals surface area contributed by atoms with Crippen molar-refractivity contribution in [2.45, 2.75) is 0 Å². The molecule has 0 aliphatic heterocycles. The maximum atomic E-state index is 8.81. The lowest BCUT2D eigenvalue weighted by Gasteiger charge is -2.06. The van der Waals surface area contributed by atoms with E-state index in [1.807, 2.05) is 25.4 Å². The van der Waals surface area contributed by atoms with E-state index in [4.69, 9.17) is 5.26 Å². The molecule has 0 spiro atoms. The maximum Gasteiger partial charge on any atom is 0.238 e. The second-order valence-corrected chi connectivity index (χ2v) is 4.60. The molecule has 0 fully saturated rings. The summed E-state index contributed by atoms with van der Waals surface area (Å²) in [6.07, 6.45) is 7.54. The van der Waals surface area contributed by atoms with Gasteiger partial charge in [-0.3, -0.25) is 4.90 Å². The molecule has 0 aliphatic rings. The van der Waals surface area contributed by atoms with Gasteiger partial charge in [0.2, 0.25) is 5.95 Å². The first-order valence-corrected chi connectivity index (χ1v) is 6.20. The Hall–Kier alpha value is -2.87. The summed E-state index contributed by atoms with van der Waals surface area (Å²) < 4.78 is 2.08. The molecule has 5 heteroatoms. The molecule has 2 heterocycles. The van der Waals surface area contributed by atoms with Gasteiger partial charge < -0.3 is 4.57 Å². The zero-order valence-electron chi connectivity index (χ0n) is 11.3. The van der Waals surface area contributed by atoms with Gasteiger partial charge in [0.15, 0.2) is 6.19 Å². The highest BCUT2D eigenvalue weighted by Gasteiger charge is 2.10. The lowest BCUT2D eigenvalue weighted by atomic mass is 10.1. The number of nitriles is 1. The normalized spacial score (nSPS) is 10.4. The largest absolute Gasteiger partial charge is 0.350 e. The highest BCUT2D eigenvalue weighted by molar-refractivity contribution is 5.95. The number of hydrogen-bond donors (Lipinski definition) is 0. The Morgan fingerprint density at radius 2 is 1.90 bits per heavy atom. The van der Waals surface area contributed by atoms with E-state index in [-0.39, 0.29) is 0 Å². The van der Waals surface area contributed by atoms with Gasteiger partial charge in [0.05, 0.1) is 0 Å². The van der Waals surface area contributed by atoms with Crippen molar-refractivity contribution in [1.29, 1.82) is 5.26 Å². The van der Waals surface area contributed by atoms with Crippen LogP contribution in [0.2, 0.25) is 0 Å². The van der Waals surface area contributed by atoms with Crippen molar-refractivity contribution in [3.63, 3.8) is 0 Å². The minimum atomic E-state index is 0.400. The first-order valence-electron chi connectivity index (χ1n) is 6.20. The van der Waals surface area contributed by atoms with Crippen molar-refractivity contribution in [3.8, 4) is 17.3 Å². The summed E-state index contributed by atoms with van der Waals surface area (Å²) in [7, 11) is 3.65. The molecular formula is C15H13N5. The Morgan fingerprint density at radius 3 is 2.60 bits per heavy atom. The number of rotatable bonds is 2. The number of benzene rings is 1. The van der Waals surface area contributed by atoms with Gasteiger partial charge >= 0.3 is 0 Å². The minimum absolute atomic E-state index is 0.400. The van der Waals surface area contributed by atoms with Gasteiger partial charge in [-0.15, -0.1) is 0 Å². The lowest BCUT2D eigenvalue weighted by Crippen LogP contribution is -2.11. The third-order valence-electron chi connectivity index (χ3n) is 3.30. The second kappa shape index (κ2) is 4.67. The molecule has 0 saturated heterocycles. The van der Waals surface area contributed by atoms with Crippen molar-refractivity contribution >= 4 is 16.9 Å². The van der Waals surface area contributed by atoms with Crippen molar-refractivity contribution in [2.75, 3.05) is 11.9 Å². The Morgan fingerprint density at radius 1 is 1.20 bits per heavy atom. The Labute approximate surface area is 116 Å². The monoisotopic (exact) mass is 263 g/mol. The van der Waals surface area contributed by atoms with Gasteiger partial charge in [-0.05, 0) is 6.07 Å². The average Bonchev–Trinajstić information content (AvgIpc) is 2.84. The van der Waals surface area contributed by atoms with Crippen molar-refractivity contribution in [2.24, 2.45) is 7.05 Å². The molecule has 98 valence electrons. The molecule has 0 radical (unpaired) electrons. The van der Waals surface area contributed by atoms with Gasteiger partial charge in [-0.25, -0.2) is 9.97 Å². The molecule has 5 nitrogen and oxygen atoms in total. The summed E-state index contributed by atoms with van der Waals surface area (Å²) in [5.74, 6) is 0.400. The molecule has 0 atom stereocenters. The topological polar surface area (TPSA) is 57.7 Å². The van der Waals surface area contributed by atoms with Crippen LogP contribution in [-0.2, 0) is 7.05 Å². The number of fused-ring (bicyclic) bond motifs is 1. The highest BCUT2D eigenvalue weighted by Crippen LogP contribution is 2.29. The standard InChI is InChI=1S/C15H13N5/c1-19-9-13(12-5-3-4-6-14(12)19)11-7-17-15(18-8-11)20(2)10-16/h3-9H,1-2H3. The molecule has 0 bridgehead atoms. The molecule has 0 N–H and O–H groups in total. The molecule has 1 aromatic carbocycles. The number of aryl methyl sites for hydroxylation is 1. The number of aromatic nitrogens is 3. The fourth-order valence-electron chi connectivity index (χ4n) is 2.25. The molecule has 0 amide bonds. The van der Waals surface area contributed by atoms with Gasteiger partial charge in [0.1, 0.15) is 0 Å². The van der Waals surface area contributed by atoms with Gasteiger partial charge in [-0.2, -0.15) is 5.26 Å². The van der Waals surface area contributed by atoms with Crippen LogP contribution < -0.4 is 4.90 Å². The zero-order valence-corrected chi connectivity index (χ0v) is 11.3. The maximum absolute atomic E-state index is 8.81. The number of anilines is 1. The zero-order chi connectivity index (χ0) is 14.1. The Bertz CT molecular complexity index is 795. The molecule has 3 aromatic rings. The van der Waals surface area contributed by atoms with E-state index >= 15 is 0 Å². The fraction of sp³-hybridized carbons (Fsp3) is 0.133. The number of para-hydroxylation sites is 1. The van der Waals surface area contributed by atoms with Crippen LogP contribution in [-0.4, -0.2) is 21.6 Å². The quantitative estimate of drug-likeness (QED) is 0.526.